The molecule has 1 aliphatic heterocycles. The van der Waals surface area contributed by atoms with Crippen LogP contribution in [0.25, 0.3) is 0 Å². The standard InChI is InChI=1S/C19H19ClN2O5S/c1-2-26-19(23)17-11-14(27-22-17)12-21-16-5-3-4-6-18(16)28(24,25)15-9-7-13(20)8-10-15/h3-10,14,21H,2,11-12H2,1H3. The molecule has 28 heavy (non-hydrogen) atoms. The van der Waals surface area contributed by atoms with Crippen LogP contribution in [-0.2, 0) is 24.2 Å². The van der Waals surface area contributed by atoms with Gasteiger partial charge in [-0.25, -0.2) is 13.2 Å². The van der Waals surface area contributed by atoms with Gasteiger partial charge in [-0.15, -0.1) is 0 Å². The minimum Gasteiger partial charge on any atom is -0.461 e. The largest absolute Gasteiger partial charge is 0.461 e. The normalized spacial score (nSPS) is 16.2. The summed E-state index contributed by atoms with van der Waals surface area (Å²) in [6, 6.07) is 12.6. The second-order valence-electron chi connectivity index (χ2n) is 6.02. The number of benzene rings is 2. The smallest absolute Gasteiger partial charge is 0.356 e. The summed E-state index contributed by atoms with van der Waals surface area (Å²) in [5.41, 5.74) is 0.654. The number of oxime groups is 1. The van der Waals surface area contributed by atoms with Crippen LogP contribution in [-0.4, -0.2) is 39.4 Å². The number of nitrogens with zero attached hydrogens (tertiary/aromatic N) is 1. The summed E-state index contributed by atoms with van der Waals surface area (Å²) in [5, 5.41) is 7.28. The van der Waals surface area contributed by atoms with Gasteiger partial charge >= 0.3 is 5.97 Å². The summed E-state index contributed by atoms with van der Waals surface area (Å²) in [4.78, 5) is 17.2. The highest BCUT2D eigenvalue weighted by molar-refractivity contribution is 7.91. The van der Waals surface area contributed by atoms with E-state index in [1.807, 2.05) is 0 Å². The second-order valence-corrected chi connectivity index (χ2v) is 8.38. The van der Waals surface area contributed by atoms with Crippen molar-refractivity contribution < 1.29 is 22.8 Å². The lowest BCUT2D eigenvalue weighted by Gasteiger charge is -2.15. The van der Waals surface area contributed by atoms with Gasteiger partial charge in [0, 0.05) is 11.4 Å². The lowest BCUT2D eigenvalue weighted by molar-refractivity contribution is -0.135. The lowest BCUT2D eigenvalue weighted by Crippen LogP contribution is -2.23. The van der Waals surface area contributed by atoms with Crippen molar-refractivity contribution in [1.82, 2.24) is 0 Å². The van der Waals surface area contributed by atoms with Crippen LogP contribution in [0.15, 0.2) is 63.5 Å². The number of ether oxygens (including phenoxy) is 1. The molecular weight excluding hydrogens is 404 g/mol. The van der Waals surface area contributed by atoms with Crippen LogP contribution in [0.1, 0.15) is 13.3 Å². The first-order valence-corrected chi connectivity index (χ1v) is 10.5. The fraction of sp³-hybridized carbons (Fsp3) is 0.263. The number of carbonyl (C=O) groups is 1. The van der Waals surface area contributed by atoms with E-state index in [9.17, 15) is 13.2 Å². The second kappa shape index (κ2) is 8.62. The summed E-state index contributed by atoms with van der Waals surface area (Å²) in [7, 11) is -3.73. The molecule has 0 aliphatic carbocycles. The van der Waals surface area contributed by atoms with Gasteiger partial charge in [-0.3, -0.25) is 0 Å². The zero-order valence-electron chi connectivity index (χ0n) is 15.1. The average Bonchev–Trinajstić information content (AvgIpc) is 3.16. The van der Waals surface area contributed by atoms with Crippen molar-refractivity contribution in [3.63, 3.8) is 0 Å². The molecule has 0 aromatic heterocycles. The molecule has 1 unspecified atom stereocenters. The minimum atomic E-state index is -3.73. The van der Waals surface area contributed by atoms with E-state index in [4.69, 9.17) is 21.2 Å². The Bertz CT molecular complexity index is 990. The Morgan fingerprint density at radius 3 is 2.68 bits per heavy atom. The van der Waals surface area contributed by atoms with Crippen LogP contribution in [0.4, 0.5) is 5.69 Å². The van der Waals surface area contributed by atoms with Gasteiger partial charge in [0.1, 0.15) is 0 Å². The van der Waals surface area contributed by atoms with Crippen LogP contribution in [0, 0.1) is 0 Å². The van der Waals surface area contributed by atoms with Gasteiger partial charge in [-0.05, 0) is 43.3 Å². The van der Waals surface area contributed by atoms with Crippen molar-refractivity contribution in [2.24, 2.45) is 5.16 Å². The number of para-hydroxylation sites is 1. The Kier molecular flexibility index (Phi) is 6.21. The van der Waals surface area contributed by atoms with Gasteiger partial charge in [0.25, 0.3) is 0 Å². The van der Waals surface area contributed by atoms with Crippen molar-refractivity contribution in [2.75, 3.05) is 18.5 Å². The summed E-state index contributed by atoms with van der Waals surface area (Å²) in [6.07, 6.45) is -0.108. The molecule has 1 N–H and O–H groups in total. The molecule has 148 valence electrons. The molecule has 3 rings (SSSR count). The number of halogens is 1. The molecule has 9 heteroatoms. The molecule has 1 atom stereocenters. The molecule has 0 bridgehead atoms. The van der Waals surface area contributed by atoms with Crippen molar-refractivity contribution in [3.8, 4) is 0 Å². The zero-order chi connectivity index (χ0) is 20.1. The molecule has 0 fully saturated rings. The number of hydrogen-bond donors (Lipinski definition) is 1. The summed E-state index contributed by atoms with van der Waals surface area (Å²) in [6.45, 7) is 2.25. The SMILES string of the molecule is CCOC(=O)C1=NOC(CNc2ccccc2S(=O)(=O)c2ccc(Cl)cc2)C1. The predicted molar refractivity (Wildman–Crippen MR) is 105 cm³/mol. The highest BCUT2D eigenvalue weighted by atomic mass is 35.5. The van der Waals surface area contributed by atoms with Crippen LogP contribution >= 0.6 is 11.6 Å². The molecule has 1 aliphatic rings. The first-order valence-electron chi connectivity index (χ1n) is 8.65. The zero-order valence-corrected chi connectivity index (χ0v) is 16.7. The Hall–Kier alpha value is -2.58. The summed E-state index contributed by atoms with van der Waals surface area (Å²) in [5.74, 6) is -0.504. The molecule has 2 aromatic rings. The molecule has 0 radical (unpaired) electrons. The third-order valence-electron chi connectivity index (χ3n) is 4.06. The first kappa shape index (κ1) is 20.2. The van der Waals surface area contributed by atoms with E-state index in [-0.39, 0.29) is 35.1 Å². The number of nitrogens with one attached hydrogen (secondary N) is 1. The van der Waals surface area contributed by atoms with E-state index in [0.717, 1.165) is 0 Å². The third-order valence-corrected chi connectivity index (χ3v) is 6.14. The van der Waals surface area contributed by atoms with E-state index in [0.29, 0.717) is 10.7 Å². The van der Waals surface area contributed by atoms with E-state index in [2.05, 4.69) is 10.5 Å². The average molecular weight is 423 g/mol. The highest BCUT2D eigenvalue weighted by Gasteiger charge is 2.28. The maximum absolute atomic E-state index is 13.0. The maximum atomic E-state index is 13.0. The van der Waals surface area contributed by atoms with Gasteiger partial charge in [0.05, 0.1) is 28.6 Å². The van der Waals surface area contributed by atoms with Gasteiger partial charge in [-0.2, -0.15) is 0 Å². The van der Waals surface area contributed by atoms with Crippen molar-refractivity contribution in [3.05, 3.63) is 53.6 Å². The molecule has 1 heterocycles. The van der Waals surface area contributed by atoms with Gasteiger partial charge in [0.2, 0.25) is 9.84 Å². The predicted octanol–water partition coefficient (Wildman–Crippen LogP) is 3.29. The number of carbonyl (C=O) groups excluding carboxylic acids is 1. The minimum absolute atomic E-state index is 0.141. The third kappa shape index (κ3) is 4.45. The molecule has 0 saturated carbocycles. The van der Waals surface area contributed by atoms with E-state index >= 15 is 0 Å². The Morgan fingerprint density at radius 2 is 1.96 bits per heavy atom. The highest BCUT2D eigenvalue weighted by Crippen LogP contribution is 2.28. The Balaban J connectivity index is 1.72. The molecule has 2 aromatic carbocycles. The summed E-state index contributed by atoms with van der Waals surface area (Å²) < 4.78 is 30.9. The first-order chi connectivity index (χ1) is 13.4. The van der Waals surface area contributed by atoms with Gasteiger partial charge in [-0.1, -0.05) is 28.9 Å². The molecule has 0 amide bonds. The lowest BCUT2D eigenvalue weighted by atomic mass is 10.2. The van der Waals surface area contributed by atoms with Crippen molar-refractivity contribution >= 4 is 38.8 Å². The quantitative estimate of drug-likeness (QED) is 0.688. The number of esters is 1. The monoisotopic (exact) mass is 422 g/mol. The number of hydrogen-bond acceptors (Lipinski definition) is 7. The van der Waals surface area contributed by atoms with Gasteiger partial charge in [0.15, 0.2) is 11.8 Å². The van der Waals surface area contributed by atoms with Crippen LogP contribution in [0.2, 0.25) is 5.02 Å². The van der Waals surface area contributed by atoms with E-state index in [1.54, 1.807) is 25.1 Å². The molecular formula is C19H19ClN2O5S. The number of sulfone groups is 1. The topological polar surface area (TPSA) is 94.1 Å². The molecule has 0 spiro atoms. The van der Waals surface area contributed by atoms with Crippen molar-refractivity contribution in [2.45, 2.75) is 29.2 Å². The van der Waals surface area contributed by atoms with Crippen LogP contribution in [0.5, 0.6) is 0 Å². The Labute approximate surface area is 168 Å². The fourth-order valence-corrected chi connectivity index (χ4v) is 4.25. The molecule has 7 nitrogen and oxygen atoms in total. The Morgan fingerprint density at radius 1 is 1.25 bits per heavy atom. The molecule has 0 saturated heterocycles. The van der Waals surface area contributed by atoms with E-state index in [1.165, 1.54) is 30.3 Å². The van der Waals surface area contributed by atoms with Crippen LogP contribution < -0.4 is 5.32 Å². The summed E-state index contributed by atoms with van der Waals surface area (Å²) >= 11 is 5.85. The fourth-order valence-electron chi connectivity index (χ4n) is 2.68. The number of rotatable bonds is 7. The number of anilines is 1. The van der Waals surface area contributed by atoms with Gasteiger partial charge < -0.3 is 14.9 Å². The maximum Gasteiger partial charge on any atom is 0.356 e. The van der Waals surface area contributed by atoms with E-state index < -0.39 is 21.9 Å². The van der Waals surface area contributed by atoms with Crippen molar-refractivity contribution in [1.29, 1.82) is 0 Å². The van der Waals surface area contributed by atoms with Crippen LogP contribution in [0.3, 0.4) is 0 Å².